The summed E-state index contributed by atoms with van der Waals surface area (Å²) >= 11 is 1.30. The number of carbonyl (C=O) groups excluding carboxylic acids is 3. The van der Waals surface area contributed by atoms with E-state index in [-0.39, 0.29) is 18.8 Å². The average molecular weight is 402 g/mol. The van der Waals surface area contributed by atoms with Crippen LogP contribution >= 0.6 is 11.3 Å². The molecule has 28 heavy (non-hydrogen) atoms. The van der Waals surface area contributed by atoms with Crippen LogP contribution < -0.4 is 11.1 Å². The Morgan fingerprint density at radius 3 is 2.14 bits per heavy atom. The lowest BCUT2D eigenvalue weighted by atomic mass is 10.1. The van der Waals surface area contributed by atoms with Gasteiger partial charge in [-0.05, 0) is 31.9 Å². The van der Waals surface area contributed by atoms with E-state index in [9.17, 15) is 14.4 Å². The van der Waals surface area contributed by atoms with Crippen molar-refractivity contribution in [2.75, 3.05) is 18.5 Å². The molecule has 0 saturated heterocycles. The highest BCUT2D eigenvalue weighted by Gasteiger charge is 2.23. The molecule has 0 bridgehead atoms. The van der Waals surface area contributed by atoms with Gasteiger partial charge in [-0.25, -0.2) is 9.59 Å². The van der Waals surface area contributed by atoms with E-state index in [1.807, 2.05) is 30.3 Å². The van der Waals surface area contributed by atoms with Gasteiger partial charge in [0.25, 0.3) is 5.91 Å². The van der Waals surface area contributed by atoms with Gasteiger partial charge in [-0.1, -0.05) is 30.3 Å². The lowest BCUT2D eigenvalue weighted by Gasteiger charge is -2.07. The fourth-order valence-electron chi connectivity index (χ4n) is 2.53. The summed E-state index contributed by atoms with van der Waals surface area (Å²) in [6, 6.07) is 9.53. The maximum atomic E-state index is 12.1. The van der Waals surface area contributed by atoms with Crippen LogP contribution in [0.1, 0.15) is 29.8 Å². The molecule has 3 N–H and O–H groups in total. The zero-order valence-electron chi connectivity index (χ0n) is 15.9. The molecule has 148 valence electrons. The fraction of sp³-hybridized carbons (Fsp3) is 0.250. The summed E-state index contributed by atoms with van der Waals surface area (Å²) in [4.78, 5) is 37.0. The number of anilines is 1. The number of esters is 2. The Kier molecular flexibility index (Phi) is 7.34. The first-order valence-corrected chi connectivity index (χ1v) is 9.51. The monoisotopic (exact) mass is 402 g/mol. The lowest BCUT2D eigenvalue weighted by molar-refractivity contribution is -0.146. The number of nitrogens with one attached hydrogen (secondary N) is 1. The second kappa shape index (κ2) is 9.70. The number of primary amides is 1. The Bertz CT molecular complexity index is 883. The molecule has 0 saturated carbocycles. The molecule has 0 atom stereocenters. The minimum absolute atomic E-state index is 0.110. The number of thiophene rings is 1. The molecule has 0 aliphatic carbocycles. The van der Waals surface area contributed by atoms with Crippen molar-refractivity contribution in [2.24, 2.45) is 5.73 Å². The third-order valence-electron chi connectivity index (χ3n) is 3.77. The molecule has 0 radical (unpaired) electrons. The summed E-state index contributed by atoms with van der Waals surface area (Å²) in [5.41, 5.74) is 7.20. The first-order chi connectivity index (χ1) is 13.4. The van der Waals surface area contributed by atoms with E-state index in [1.165, 1.54) is 17.5 Å². The maximum absolute atomic E-state index is 12.1. The number of benzene rings is 1. The average Bonchev–Trinajstić information content (AvgIpc) is 2.99. The molecule has 1 aromatic carbocycles. The molecule has 8 heteroatoms. The van der Waals surface area contributed by atoms with Crippen LogP contribution in [0.4, 0.5) is 5.00 Å². The molecule has 0 spiro atoms. The van der Waals surface area contributed by atoms with Gasteiger partial charge in [-0.3, -0.25) is 4.79 Å². The largest absolute Gasteiger partial charge is 0.462 e. The van der Waals surface area contributed by atoms with Crippen molar-refractivity contribution < 1.29 is 23.9 Å². The molecule has 2 rings (SSSR count). The third-order valence-corrected chi connectivity index (χ3v) is 5.04. The Labute approximate surface area is 167 Å². The number of ether oxygens (including phenoxy) is 2. The van der Waals surface area contributed by atoms with Crippen LogP contribution in [0.25, 0.3) is 10.4 Å². The topological polar surface area (TPSA) is 108 Å². The molecule has 1 aromatic heterocycles. The predicted octanol–water partition coefficient (Wildman–Crippen LogP) is 3.24. The molecule has 2 aromatic rings. The third kappa shape index (κ3) is 4.77. The zero-order chi connectivity index (χ0) is 20.7. The van der Waals surface area contributed by atoms with Gasteiger partial charge >= 0.3 is 11.9 Å². The van der Waals surface area contributed by atoms with Crippen molar-refractivity contribution in [2.45, 2.75) is 20.8 Å². The van der Waals surface area contributed by atoms with Crippen molar-refractivity contribution in [1.29, 1.82) is 0 Å². The lowest BCUT2D eigenvalue weighted by Crippen LogP contribution is -2.20. The van der Waals surface area contributed by atoms with Crippen molar-refractivity contribution >= 4 is 34.2 Å². The SMILES string of the molecule is CCOC(=O)C(=CNc1sc(-c2ccccc2)c(C)c1C(N)=O)C(=O)OCC. The van der Waals surface area contributed by atoms with Crippen molar-refractivity contribution in [1.82, 2.24) is 0 Å². The summed E-state index contributed by atoms with van der Waals surface area (Å²) in [7, 11) is 0. The van der Waals surface area contributed by atoms with Gasteiger partial charge in [0.05, 0.1) is 18.8 Å². The van der Waals surface area contributed by atoms with Crippen LogP contribution in [-0.2, 0) is 19.1 Å². The number of hydrogen-bond acceptors (Lipinski definition) is 7. The molecular weight excluding hydrogens is 380 g/mol. The van der Waals surface area contributed by atoms with Crippen LogP contribution in [0.15, 0.2) is 42.1 Å². The van der Waals surface area contributed by atoms with Crippen LogP contribution in [0.5, 0.6) is 0 Å². The first kappa shape index (κ1) is 21.2. The summed E-state index contributed by atoms with van der Waals surface area (Å²) in [6.07, 6.45) is 1.18. The summed E-state index contributed by atoms with van der Waals surface area (Å²) in [5.74, 6) is -2.24. The summed E-state index contributed by atoms with van der Waals surface area (Å²) in [5, 5.41) is 3.28. The number of rotatable bonds is 8. The molecule has 0 aliphatic rings. The van der Waals surface area contributed by atoms with Gasteiger partial charge < -0.3 is 20.5 Å². The van der Waals surface area contributed by atoms with Crippen LogP contribution in [-0.4, -0.2) is 31.1 Å². The van der Waals surface area contributed by atoms with Gasteiger partial charge in [0, 0.05) is 11.1 Å². The highest BCUT2D eigenvalue weighted by molar-refractivity contribution is 7.20. The van der Waals surface area contributed by atoms with Crippen LogP contribution in [0.3, 0.4) is 0 Å². The maximum Gasteiger partial charge on any atom is 0.347 e. The highest BCUT2D eigenvalue weighted by atomic mass is 32.1. The molecule has 1 heterocycles. The van der Waals surface area contributed by atoms with Crippen LogP contribution in [0.2, 0.25) is 0 Å². The Balaban J connectivity index is 2.45. The van der Waals surface area contributed by atoms with E-state index >= 15 is 0 Å². The Morgan fingerprint density at radius 1 is 1.07 bits per heavy atom. The van der Waals surface area contributed by atoms with E-state index in [4.69, 9.17) is 15.2 Å². The number of hydrogen-bond donors (Lipinski definition) is 2. The standard InChI is InChI=1S/C20H22N2O5S/c1-4-26-19(24)14(20(25)27-5-2)11-22-18-15(17(21)23)12(3)16(28-18)13-9-7-6-8-10-13/h6-11,22H,4-5H2,1-3H3,(H2,21,23). The molecule has 0 aliphatic heterocycles. The quantitative estimate of drug-likeness (QED) is 0.304. The van der Waals surface area contributed by atoms with Crippen molar-refractivity contribution in [3.8, 4) is 10.4 Å². The summed E-state index contributed by atoms with van der Waals surface area (Å²) in [6.45, 7) is 5.28. The zero-order valence-corrected chi connectivity index (χ0v) is 16.7. The molecular formula is C20H22N2O5S. The van der Waals surface area contributed by atoms with E-state index in [1.54, 1.807) is 20.8 Å². The first-order valence-electron chi connectivity index (χ1n) is 8.70. The molecule has 0 unspecified atom stereocenters. The normalized spacial score (nSPS) is 10.1. The fourth-order valence-corrected chi connectivity index (χ4v) is 3.72. The van der Waals surface area contributed by atoms with E-state index in [0.29, 0.717) is 16.1 Å². The predicted molar refractivity (Wildman–Crippen MR) is 108 cm³/mol. The van der Waals surface area contributed by atoms with E-state index in [2.05, 4.69) is 5.32 Å². The van der Waals surface area contributed by atoms with E-state index in [0.717, 1.165) is 10.4 Å². The molecule has 0 fully saturated rings. The smallest absolute Gasteiger partial charge is 0.347 e. The number of amides is 1. The van der Waals surface area contributed by atoms with Crippen molar-refractivity contribution in [3.63, 3.8) is 0 Å². The van der Waals surface area contributed by atoms with Gasteiger partial charge in [-0.15, -0.1) is 11.3 Å². The summed E-state index contributed by atoms with van der Waals surface area (Å²) < 4.78 is 9.80. The highest BCUT2D eigenvalue weighted by Crippen LogP contribution is 2.39. The number of nitrogens with two attached hydrogens (primary N) is 1. The Hall–Kier alpha value is -3.13. The molecule has 1 amide bonds. The Morgan fingerprint density at radius 2 is 1.64 bits per heavy atom. The van der Waals surface area contributed by atoms with Gasteiger partial charge in [-0.2, -0.15) is 0 Å². The van der Waals surface area contributed by atoms with E-state index < -0.39 is 17.8 Å². The second-order valence-corrected chi connectivity index (χ2v) is 6.65. The van der Waals surface area contributed by atoms with Gasteiger partial charge in [0.1, 0.15) is 5.00 Å². The minimum atomic E-state index is -0.814. The van der Waals surface area contributed by atoms with Gasteiger partial charge in [0.15, 0.2) is 5.57 Å². The minimum Gasteiger partial charge on any atom is -0.462 e. The number of carbonyl (C=O) groups is 3. The second-order valence-electron chi connectivity index (χ2n) is 5.63. The molecule has 7 nitrogen and oxygen atoms in total. The van der Waals surface area contributed by atoms with Gasteiger partial charge in [0.2, 0.25) is 0 Å². The van der Waals surface area contributed by atoms with Crippen molar-refractivity contribution in [3.05, 3.63) is 53.2 Å². The van der Waals surface area contributed by atoms with Crippen LogP contribution in [0, 0.1) is 6.92 Å².